The maximum Gasteiger partial charge on any atom is 0.337 e. The Morgan fingerprint density at radius 1 is 1.43 bits per heavy atom. The Kier molecular flexibility index (Phi) is 3.67. The summed E-state index contributed by atoms with van der Waals surface area (Å²) in [5, 5.41) is 6.67. The highest BCUT2D eigenvalue weighted by Gasteiger charge is 2.03. The lowest BCUT2D eigenvalue weighted by Gasteiger charge is -2.01. The van der Waals surface area contributed by atoms with Crippen molar-refractivity contribution in [3.8, 4) is 0 Å². The van der Waals surface area contributed by atoms with Crippen molar-refractivity contribution in [1.29, 1.82) is 5.41 Å². The number of methoxy groups -OCH3 is 1. The predicted octanol–water partition coefficient (Wildman–Crippen LogP) is 1.60. The summed E-state index contributed by atoms with van der Waals surface area (Å²) in [7, 11) is 1.34. The Bertz CT molecular complexity index is 319. The molecule has 14 heavy (non-hydrogen) atoms. The molecule has 4 nitrogen and oxygen atoms in total. The molecule has 0 aliphatic carbocycles. The van der Waals surface area contributed by atoms with E-state index in [-0.39, 0.29) is 5.97 Å². The molecule has 0 heterocycles. The van der Waals surface area contributed by atoms with E-state index in [1.165, 1.54) is 7.11 Å². The number of carbonyl (C=O) groups is 1. The molecule has 4 heteroatoms. The highest BCUT2D eigenvalue weighted by atomic mass is 16.5. The molecule has 0 saturated carbocycles. The summed E-state index contributed by atoms with van der Waals surface area (Å²) < 4.78 is 9.32. The number of hydrogen-bond acceptors (Lipinski definition) is 4. The minimum Gasteiger partial charge on any atom is -0.479 e. The normalized spacial score (nSPS) is 9.21. The van der Waals surface area contributed by atoms with Gasteiger partial charge in [-0.1, -0.05) is 12.1 Å². The second-order valence-electron chi connectivity index (χ2n) is 2.62. The fourth-order valence-corrected chi connectivity index (χ4v) is 0.993. The first-order chi connectivity index (χ1) is 6.77. The Hall–Kier alpha value is -1.84. The molecule has 0 unspecified atom stereocenters. The van der Waals surface area contributed by atoms with Crippen LogP contribution in [0.1, 0.15) is 15.9 Å². The monoisotopic (exact) mass is 193 g/mol. The Morgan fingerprint density at radius 2 is 2.07 bits per heavy atom. The third-order valence-corrected chi connectivity index (χ3v) is 1.71. The molecule has 0 saturated heterocycles. The summed E-state index contributed by atoms with van der Waals surface area (Å²) in [6.07, 6.45) is 0.883. The summed E-state index contributed by atoms with van der Waals surface area (Å²) in [5.41, 5.74) is 1.41. The Morgan fingerprint density at radius 3 is 2.57 bits per heavy atom. The minimum atomic E-state index is -0.357. The van der Waals surface area contributed by atoms with Gasteiger partial charge in [-0.2, -0.15) is 0 Å². The summed E-state index contributed by atoms with van der Waals surface area (Å²) in [6.45, 7) is 0.338. The summed E-state index contributed by atoms with van der Waals surface area (Å²) in [5.74, 6) is -0.357. The van der Waals surface area contributed by atoms with Crippen LogP contribution in [0.25, 0.3) is 0 Å². The molecular weight excluding hydrogens is 182 g/mol. The molecule has 0 aliphatic heterocycles. The quantitative estimate of drug-likeness (QED) is 0.449. The van der Waals surface area contributed by atoms with E-state index in [1.807, 2.05) is 0 Å². The van der Waals surface area contributed by atoms with Crippen LogP contribution in [0.15, 0.2) is 24.3 Å². The number of nitrogens with one attached hydrogen (secondary N) is 1. The minimum absolute atomic E-state index is 0.338. The SMILES string of the molecule is COC(=O)c1ccc(COC=N)cc1. The van der Waals surface area contributed by atoms with E-state index in [0.717, 1.165) is 12.0 Å². The van der Waals surface area contributed by atoms with Crippen molar-refractivity contribution >= 4 is 12.4 Å². The molecule has 0 aliphatic rings. The Balaban J connectivity index is 2.68. The zero-order valence-corrected chi connectivity index (χ0v) is 7.82. The van der Waals surface area contributed by atoms with E-state index in [2.05, 4.69) is 4.74 Å². The van der Waals surface area contributed by atoms with Crippen molar-refractivity contribution < 1.29 is 14.3 Å². The molecule has 0 fully saturated rings. The van der Waals surface area contributed by atoms with Crippen LogP contribution in [0.5, 0.6) is 0 Å². The number of rotatable bonds is 4. The van der Waals surface area contributed by atoms with Gasteiger partial charge in [0.15, 0.2) is 6.40 Å². The number of esters is 1. The number of hydrogen-bond donors (Lipinski definition) is 1. The van der Waals surface area contributed by atoms with Crippen LogP contribution >= 0.6 is 0 Å². The first kappa shape index (κ1) is 10.2. The molecule has 0 amide bonds. The van der Waals surface area contributed by atoms with Crippen LogP contribution in [0.3, 0.4) is 0 Å². The lowest BCUT2D eigenvalue weighted by atomic mass is 10.1. The molecule has 74 valence electrons. The van der Waals surface area contributed by atoms with Gasteiger partial charge < -0.3 is 9.47 Å². The standard InChI is InChI=1S/C10H11NO3/c1-13-10(12)9-4-2-8(3-5-9)6-14-7-11/h2-5,7,11H,6H2,1H3. The summed E-state index contributed by atoms with van der Waals surface area (Å²) >= 11 is 0. The van der Waals surface area contributed by atoms with Gasteiger partial charge in [0.2, 0.25) is 0 Å². The highest BCUT2D eigenvalue weighted by Crippen LogP contribution is 2.06. The predicted molar refractivity (Wildman–Crippen MR) is 51.4 cm³/mol. The van der Waals surface area contributed by atoms with E-state index in [4.69, 9.17) is 10.1 Å². The summed E-state index contributed by atoms with van der Waals surface area (Å²) in [6, 6.07) is 6.84. The van der Waals surface area contributed by atoms with Crippen LogP contribution in [0, 0.1) is 5.41 Å². The van der Waals surface area contributed by atoms with Gasteiger partial charge in [0.1, 0.15) is 6.61 Å². The molecule has 0 spiro atoms. The van der Waals surface area contributed by atoms with Gasteiger partial charge in [-0.05, 0) is 17.7 Å². The number of carbonyl (C=O) groups excluding carboxylic acids is 1. The van der Waals surface area contributed by atoms with Gasteiger partial charge in [-0.15, -0.1) is 0 Å². The lowest BCUT2D eigenvalue weighted by molar-refractivity contribution is 0.0600. The van der Waals surface area contributed by atoms with Gasteiger partial charge in [-0.25, -0.2) is 4.79 Å². The van der Waals surface area contributed by atoms with E-state index in [1.54, 1.807) is 24.3 Å². The smallest absolute Gasteiger partial charge is 0.337 e. The summed E-state index contributed by atoms with van der Waals surface area (Å²) in [4.78, 5) is 11.0. The van der Waals surface area contributed by atoms with Crippen molar-refractivity contribution in [2.45, 2.75) is 6.61 Å². The average molecular weight is 193 g/mol. The third kappa shape index (κ3) is 2.58. The first-order valence-corrected chi connectivity index (χ1v) is 4.05. The average Bonchev–Trinajstić information content (AvgIpc) is 2.26. The van der Waals surface area contributed by atoms with Crippen LogP contribution < -0.4 is 0 Å². The highest BCUT2D eigenvalue weighted by molar-refractivity contribution is 5.89. The van der Waals surface area contributed by atoms with Crippen molar-refractivity contribution in [3.05, 3.63) is 35.4 Å². The largest absolute Gasteiger partial charge is 0.479 e. The van der Waals surface area contributed by atoms with Gasteiger partial charge in [0, 0.05) is 0 Å². The fraction of sp³-hybridized carbons (Fsp3) is 0.200. The zero-order chi connectivity index (χ0) is 10.4. The molecule has 1 aromatic rings. The van der Waals surface area contributed by atoms with Crippen LogP contribution in [-0.4, -0.2) is 19.5 Å². The van der Waals surface area contributed by atoms with Crippen molar-refractivity contribution in [1.82, 2.24) is 0 Å². The van der Waals surface area contributed by atoms with Gasteiger partial charge >= 0.3 is 5.97 Å². The fourth-order valence-electron chi connectivity index (χ4n) is 0.993. The van der Waals surface area contributed by atoms with Crippen LogP contribution in [0.4, 0.5) is 0 Å². The molecule has 0 bridgehead atoms. The van der Waals surface area contributed by atoms with E-state index in [0.29, 0.717) is 12.2 Å². The Labute approximate surface area is 82.0 Å². The first-order valence-electron chi connectivity index (χ1n) is 4.05. The van der Waals surface area contributed by atoms with Crippen LogP contribution in [-0.2, 0) is 16.1 Å². The van der Waals surface area contributed by atoms with E-state index < -0.39 is 0 Å². The van der Waals surface area contributed by atoms with Gasteiger partial charge in [0.25, 0.3) is 0 Å². The molecule has 0 atom stereocenters. The maximum absolute atomic E-state index is 11.0. The molecule has 1 N–H and O–H groups in total. The second-order valence-corrected chi connectivity index (χ2v) is 2.62. The molecular formula is C10H11NO3. The van der Waals surface area contributed by atoms with Gasteiger partial charge in [-0.3, -0.25) is 5.41 Å². The van der Waals surface area contributed by atoms with E-state index >= 15 is 0 Å². The lowest BCUT2D eigenvalue weighted by Crippen LogP contribution is -2.01. The molecule has 0 radical (unpaired) electrons. The second kappa shape index (κ2) is 5.01. The van der Waals surface area contributed by atoms with Crippen molar-refractivity contribution in [2.24, 2.45) is 0 Å². The third-order valence-electron chi connectivity index (χ3n) is 1.71. The van der Waals surface area contributed by atoms with E-state index in [9.17, 15) is 4.79 Å². The number of ether oxygens (including phenoxy) is 2. The molecule has 1 aromatic carbocycles. The molecule has 0 aromatic heterocycles. The zero-order valence-electron chi connectivity index (χ0n) is 7.82. The maximum atomic E-state index is 11.0. The topological polar surface area (TPSA) is 59.4 Å². The van der Waals surface area contributed by atoms with Gasteiger partial charge in [0.05, 0.1) is 12.7 Å². The van der Waals surface area contributed by atoms with Crippen molar-refractivity contribution in [2.75, 3.05) is 7.11 Å². The molecule has 1 rings (SSSR count). The number of benzene rings is 1. The van der Waals surface area contributed by atoms with Crippen LogP contribution in [0.2, 0.25) is 0 Å². The van der Waals surface area contributed by atoms with Crippen molar-refractivity contribution in [3.63, 3.8) is 0 Å².